The second-order valence-electron chi connectivity index (χ2n) is 4.52. The first-order valence-electron chi connectivity index (χ1n) is 6.20. The van der Waals surface area contributed by atoms with E-state index in [0.717, 1.165) is 16.6 Å². The van der Waals surface area contributed by atoms with Crippen LogP contribution < -0.4 is 10.1 Å². The van der Waals surface area contributed by atoms with Crippen molar-refractivity contribution in [3.05, 3.63) is 48.4 Å². The van der Waals surface area contributed by atoms with Crippen molar-refractivity contribution in [3.63, 3.8) is 0 Å². The largest absolute Gasteiger partial charge is 0.494 e. The Labute approximate surface area is 115 Å². The first-order chi connectivity index (χ1) is 9.67. The number of hydrogen-bond donors (Lipinski definition) is 1. The first-order valence-corrected chi connectivity index (χ1v) is 6.20. The van der Waals surface area contributed by atoms with Crippen LogP contribution in [-0.2, 0) is 7.05 Å². The zero-order valence-electron chi connectivity index (χ0n) is 11.2. The second kappa shape index (κ2) is 4.85. The van der Waals surface area contributed by atoms with Crippen LogP contribution in [0.25, 0.3) is 10.9 Å². The second-order valence-corrected chi connectivity index (χ2v) is 4.52. The maximum Gasteiger partial charge on any atom is 0.167 e. The molecule has 1 N–H and O–H groups in total. The molecule has 4 nitrogen and oxygen atoms in total. The van der Waals surface area contributed by atoms with Gasteiger partial charge in [0, 0.05) is 29.9 Å². The van der Waals surface area contributed by atoms with Crippen LogP contribution in [0.5, 0.6) is 5.75 Å². The summed E-state index contributed by atoms with van der Waals surface area (Å²) in [4.78, 5) is 0. The van der Waals surface area contributed by atoms with Gasteiger partial charge in [-0.15, -0.1) is 0 Å². The Morgan fingerprint density at radius 2 is 1.90 bits per heavy atom. The van der Waals surface area contributed by atoms with Crippen molar-refractivity contribution in [1.82, 2.24) is 9.78 Å². The van der Waals surface area contributed by atoms with E-state index in [9.17, 15) is 4.39 Å². The molecule has 5 heteroatoms. The van der Waals surface area contributed by atoms with Gasteiger partial charge >= 0.3 is 0 Å². The fraction of sp³-hybridized carbons (Fsp3) is 0.133. The SMILES string of the molecule is COc1ccc(Nc2ccc3cnn(C)c3c2)cc1F. The lowest BCUT2D eigenvalue weighted by atomic mass is 10.2. The van der Waals surface area contributed by atoms with Gasteiger partial charge in [-0.1, -0.05) is 0 Å². The van der Waals surface area contributed by atoms with Crippen molar-refractivity contribution < 1.29 is 9.13 Å². The van der Waals surface area contributed by atoms with Gasteiger partial charge in [0.2, 0.25) is 0 Å². The predicted octanol–water partition coefficient (Wildman–Crippen LogP) is 3.46. The van der Waals surface area contributed by atoms with Crippen molar-refractivity contribution >= 4 is 22.3 Å². The maximum absolute atomic E-state index is 13.6. The number of aromatic nitrogens is 2. The molecule has 0 saturated heterocycles. The average Bonchev–Trinajstić information content (AvgIpc) is 2.81. The van der Waals surface area contributed by atoms with Gasteiger partial charge in [0.1, 0.15) is 0 Å². The minimum absolute atomic E-state index is 0.234. The lowest BCUT2D eigenvalue weighted by Crippen LogP contribution is -1.94. The van der Waals surface area contributed by atoms with E-state index in [-0.39, 0.29) is 11.6 Å². The smallest absolute Gasteiger partial charge is 0.167 e. The predicted molar refractivity (Wildman–Crippen MR) is 76.9 cm³/mol. The van der Waals surface area contributed by atoms with Gasteiger partial charge in [-0.05, 0) is 30.3 Å². The Kier molecular flexibility index (Phi) is 3.02. The van der Waals surface area contributed by atoms with Crippen molar-refractivity contribution in [3.8, 4) is 5.75 Å². The van der Waals surface area contributed by atoms with Gasteiger partial charge < -0.3 is 10.1 Å². The van der Waals surface area contributed by atoms with Gasteiger partial charge in [-0.25, -0.2) is 4.39 Å². The number of fused-ring (bicyclic) bond motifs is 1. The molecule has 0 unspecified atom stereocenters. The number of rotatable bonds is 3. The lowest BCUT2D eigenvalue weighted by Gasteiger charge is -2.09. The third-order valence-electron chi connectivity index (χ3n) is 3.19. The van der Waals surface area contributed by atoms with E-state index in [0.29, 0.717) is 5.69 Å². The summed E-state index contributed by atoms with van der Waals surface area (Å²) in [5.41, 5.74) is 2.57. The quantitative estimate of drug-likeness (QED) is 0.792. The van der Waals surface area contributed by atoms with Gasteiger partial charge in [-0.3, -0.25) is 4.68 Å². The summed E-state index contributed by atoms with van der Waals surface area (Å²) in [6.07, 6.45) is 1.81. The zero-order chi connectivity index (χ0) is 14.1. The highest BCUT2D eigenvalue weighted by Crippen LogP contribution is 2.25. The summed E-state index contributed by atoms with van der Waals surface area (Å²) in [5.74, 6) is -0.156. The molecule has 0 fully saturated rings. The van der Waals surface area contributed by atoms with Crippen LogP contribution in [0.2, 0.25) is 0 Å². The Balaban J connectivity index is 1.92. The fourth-order valence-corrected chi connectivity index (χ4v) is 2.13. The van der Waals surface area contributed by atoms with Crippen LogP contribution in [-0.4, -0.2) is 16.9 Å². The Morgan fingerprint density at radius 3 is 2.65 bits per heavy atom. The minimum Gasteiger partial charge on any atom is -0.494 e. The number of benzene rings is 2. The first kappa shape index (κ1) is 12.5. The third-order valence-corrected chi connectivity index (χ3v) is 3.19. The third kappa shape index (κ3) is 2.18. The number of halogens is 1. The van der Waals surface area contributed by atoms with Crippen molar-refractivity contribution in [1.29, 1.82) is 0 Å². The zero-order valence-corrected chi connectivity index (χ0v) is 11.2. The molecule has 0 aliphatic rings. The lowest BCUT2D eigenvalue weighted by molar-refractivity contribution is 0.386. The summed E-state index contributed by atoms with van der Waals surface area (Å²) in [6, 6.07) is 10.7. The number of nitrogens with one attached hydrogen (secondary N) is 1. The van der Waals surface area contributed by atoms with E-state index in [1.54, 1.807) is 16.8 Å². The van der Waals surface area contributed by atoms with E-state index in [1.807, 2.05) is 31.4 Å². The van der Waals surface area contributed by atoms with Crippen molar-refractivity contribution in [2.45, 2.75) is 0 Å². The molecule has 0 radical (unpaired) electrons. The monoisotopic (exact) mass is 271 g/mol. The summed E-state index contributed by atoms with van der Waals surface area (Å²) >= 11 is 0. The topological polar surface area (TPSA) is 39.1 Å². The van der Waals surface area contributed by atoms with Gasteiger partial charge in [0.15, 0.2) is 11.6 Å². The summed E-state index contributed by atoms with van der Waals surface area (Å²) in [6.45, 7) is 0. The summed E-state index contributed by atoms with van der Waals surface area (Å²) in [5, 5.41) is 8.43. The number of ether oxygens (including phenoxy) is 1. The van der Waals surface area contributed by atoms with Crippen LogP contribution in [0.15, 0.2) is 42.6 Å². The summed E-state index contributed by atoms with van der Waals surface area (Å²) in [7, 11) is 3.33. The van der Waals surface area contributed by atoms with E-state index in [1.165, 1.54) is 13.2 Å². The van der Waals surface area contributed by atoms with Gasteiger partial charge in [-0.2, -0.15) is 5.10 Å². The number of hydrogen-bond acceptors (Lipinski definition) is 3. The molecule has 1 aromatic heterocycles. The molecule has 0 aliphatic carbocycles. The highest BCUT2D eigenvalue weighted by Gasteiger charge is 2.05. The molecule has 0 amide bonds. The van der Waals surface area contributed by atoms with Gasteiger partial charge in [0.05, 0.1) is 18.8 Å². The fourth-order valence-electron chi connectivity index (χ4n) is 2.13. The molecule has 3 aromatic rings. The molecule has 3 rings (SSSR count). The molecular formula is C15H14FN3O. The number of methoxy groups -OCH3 is 1. The molecule has 20 heavy (non-hydrogen) atoms. The number of aryl methyl sites for hydroxylation is 1. The normalized spacial score (nSPS) is 10.8. The maximum atomic E-state index is 13.6. The molecule has 0 spiro atoms. The van der Waals surface area contributed by atoms with Crippen molar-refractivity contribution in [2.75, 3.05) is 12.4 Å². The standard InChI is InChI=1S/C15H14FN3O/c1-19-14-8-12(4-3-10(14)9-17-19)18-11-5-6-15(20-2)13(16)7-11/h3-9,18H,1-2H3. The average molecular weight is 271 g/mol. The van der Waals surface area contributed by atoms with Crippen LogP contribution in [0, 0.1) is 5.82 Å². The van der Waals surface area contributed by atoms with E-state index >= 15 is 0 Å². The minimum atomic E-state index is -0.390. The number of anilines is 2. The molecule has 0 saturated carbocycles. The van der Waals surface area contributed by atoms with E-state index in [4.69, 9.17) is 4.74 Å². The Morgan fingerprint density at radius 1 is 1.15 bits per heavy atom. The molecule has 0 atom stereocenters. The van der Waals surface area contributed by atoms with Crippen LogP contribution in [0.1, 0.15) is 0 Å². The highest BCUT2D eigenvalue weighted by molar-refractivity contribution is 5.83. The molecule has 2 aromatic carbocycles. The van der Waals surface area contributed by atoms with Crippen LogP contribution in [0.4, 0.5) is 15.8 Å². The van der Waals surface area contributed by atoms with E-state index < -0.39 is 0 Å². The van der Waals surface area contributed by atoms with Crippen LogP contribution >= 0.6 is 0 Å². The number of nitrogens with zero attached hydrogens (tertiary/aromatic N) is 2. The van der Waals surface area contributed by atoms with Gasteiger partial charge in [0.25, 0.3) is 0 Å². The van der Waals surface area contributed by atoms with Crippen LogP contribution in [0.3, 0.4) is 0 Å². The Bertz CT molecular complexity index is 767. The molecule has 0 bridgehead atoms. The summed E-state index contributed by atoms with van der Waals surface area (Å²) < 4.78 is 20.3. The molecule has 0 aliphatic heterocycles. The Hall–Kier alpha value is -2.56. The molecule has 102 valence electrons. The van der Waals surface area contributed by atoms with E-state index in [2.05, 4.69) is 10.4 Å². The van der Waals surface area contributed by atoms with Crippen molar-refractivity contribution in [2.24, 2.45) is 7.05 Å². The highest BCUT2D eigenvalue weighted by atomic mass is 19.1. The molecular weight excluding hydrogens is 257 g/mol. The molecule has 1 heterocycles.